The molecule has 0 saturated heterocycles. The number of benzene rings is 1. The zero-order chi connectivity index (χ0) is 12.3. The van der Waals surface area contributed by atoms with Gasteiger partial charge in [-0.05, 0) is 30.5 Å². The summed E-state index contributed by atoms with van der Waals surface area (Å²) in [4.78, 5) is 21.2. The topological polar surface area (TPSA) is 84.6 Å². The van der Waals surface area contributed by atoms with Crippen molar-refractivity contribution in [2.75, 3.05) is 0 Å². The first kappa shape index (κ1) is 11.3. The van der Waals surface area contributed by atoms with Crippen molar-refractivity contribution in [3.05, 3.63) is 39.9 Å². The Morgan fingerprint density at radius 2 is 2.06 bits per heavy atom. The average Bonchev–Trinajstić information content (AvgIpc) is 3.13. The van der Waals surface area contributed by atoms with Gasteiger partial charge < -0.3 is 0 Å². The van der Waals surface area contributed by atoms with Crippen LogP contribution in [0.1, 0.15) is 18.4 Å². The lowest BCUT2D eigenvalue weighted by Crippen LogP contribution is -2.18. The van der Waals surface area contributed by atoms with Gasteiger partial charge in [0.05, 0.1) is 11.1 Å². The number of hydrazone groups is 1. The van der Waals surface area contributed by atoms with E-state index >= 15 is 0 Å². The molecule has 1 aromatic rings. The standard InChI is InChI=1S/C11H11N3O3/c15-11(9-3-4-9)13-12-7-8-1-5-10(6-2-8)14(16)17/h1-2,5-7,9H,3-4H2,(H,13,15)/b12-7+. The minimum absolute atomic E-state index is 0.0316. The van der Waals surface area contributed by atoms with Crippen molar-refractivity contribution in [3.63, 3.8) is 0 Å². The number of rotatable bonds is 4. The first-order chi connectivity index (χ1) is 8.16. The molecule has 17 heavy (non-hydrogen) atoms. The van der Waals surface area contributed by atoms with Gasteiger partial charge in [0.1, 0.15) is 0 Å². The summed E-state index contributed by atoms with van der Waals surface area (Å²) in [6.07, 6.45) is 3.32. The molecule has 1 amide bonds. The highest BCUT2D eigenvalue weighted by Crippen LogP contribution is 2.28. The van der Waals surface area contributed by atoms with Crippen molar-refractivity contribution in [3.8, 4) is 0 Å². The van der Waals surface area contributed by atoms with Crippen LogP contribution < -0.4 is 5.43 Å². The molecule has 1 aromatic carbocycles. The lowest BCUT2D eigenvalue weighted by Gasteiger charge is -1.96. The van der Waals surface area contributed by atoms with Gasteiger partial charge >= 0.3 is 0 Å². The largest absolute Gasteiger partial charge is 0.273 e. The normalized spacial score (nSPS) is 14.8. The molecule has 0 aromatic heterocycles. The quantitative estimate of drug-likeness (QED) is 0.485. The van der Waals surface area contributed by atoms with Gasteiger partial charge in [-0.15, -0.1) is 0 Å². The Balaban J connectivity index is 1.91. The fourth-order valence-electron chi connectivity index (χ4n) is 1.29. The van der Waals surface area contributed by atoms with Crippen LogP contribution in [0.3, 0.4) is 0 Å². The number of nitro groups is 1. The monoisotopic (exact) mass is 233 g/mol. The van der Waals surface area contributed by atoms with E-state index < -0.39 is 4.92 Å². The molecule has 6 nitrogen and oxygen atoms in total. The predicted molar refractivity (Wildman–Crippen MR) is 61.6 cm³/mol. The van der Waals surface area contributed by atoms with E-state index in [2.05, 4.69) is 10.5 Å². The molecular weight excluding hydrogens is 222 g/mol. The number of amides is 1. The second-order valence-corrected chi connectivity index (χ2v) is 3.86. The zero-order valence-corrected chi connectivity index (χ0v) is 9.00. The molecule has 0 unspecified atom stereocenters. The molecule has 1 N–H and O–H groups in total. The molecule has 1 saturated carbocycles. The Hall–Kier alpha value is -2.24. The third kappa shape index (κ3) is 3.10. The summed E-state index contributed by atoms with van der Waals surface area (Å²) in [7, 11) is 0. The van der Waals surface area contributed by atoms with E-state index in [0.717, 1.165) is 12.8 Å². The Bertz CT molecular complexity index is 463. The number of nitrogens with one attached hydrogen (secondary N) is 1. The molecule has 1 aliphatic carbocycles. The molecule has 0 spiro atoms. The summed E-state index contributed by atoms with van der Waals surface area (Å²) in [5.74, 6) is 0.0483. The van der Waals surface area contributed by atoms with Crippen molar-refractivity contribution in [2.45, 2.75) is 12.8 Å². The Labute approximate surface area is 97.5 Å². The molecular formula is C11H11N3O3. The zero-order valence-electron chi connectivity index (χ0n) is 9.00. The first-order valence-electron chi connectivity index (χ1n) is 5.24. The van der Waals surface area contributed by atoms with Gasteiger partial charge in [0.2, 0.25) is 5.91 Å². The summed E-state index contributed by atoms with van der Waals surface area (Å²) in [6, 6.07) is 5.93. The number of nitrogens with zero attached hydrogens (tertiary/aromatic N) is 2. The Kier molecular flexibility index (Phi) is 3.13. The fraction of sp³-hybridized carbons (Fsp3) is 0.273. The second-order valence-electron chi connectivity index (χ2n) is 3.86. The van der Waals surface area contributed by atoms with Gasteiger partial charge in [0, 0.05) is 18.1 Å². The third-order valence-corrected chi connectivity index (χ3v) is 2.44. The van der Waals surface area contributed by atoms with Crippen LogP contribution in [0.15, 0.2) is 29.4 Å². The van der Waals surface area contributed by atoms with E-state index in [1.165, 1.54) is 18.3 Å². The van der Waals surface area contributed by atoms with Gasteiger partial charge in [0.15, 0.2) is 0 Å². The lowest BCUT2D eigenvalue weighted by molar-refractivity contribution is -0.384. The highest BCUT2D eigenvalue weighted by Gasteiger charge is 2.29. The molecule has 0 radical (unpaired) electrons. The average molecular weight is 233 g/mol. The van der Waals surface area contributed by atoms with Crippen LogP contribution in [0, 0.1) is 16.0 Å². The summed E-state index contributed by atoms with van der Waals surface area (Å²) >= 11 is 0. The van der Waals surface area contributed by atoms with E-state index in [4.69, 9.17) is 0 Å². The molecule has 1 aliphatic rings. The van der Waals surface area contributed by atoms with Crippen LogP contribution in [0.4, 0.5) is 5.69 Å². The van der Waals surface area contributed by atoms with Crippen LogP contribution in [0.2, 0.25) is 0 Å². The van der Waals surface area contributed by atoms with E-state index in [9.17, 15) is 14.9 Å². The van der Waals surface area contributed by atoms with Crippen molar-refractivity contribution in [2.24, 2.45) is 11.0 Å². The first-order valence-corrected chi connectivity index (χ1v) is 5.24. The van der Waals surface area contributed by atoms with Crippen molar-refractivity contribution >= 4 is 17.8 Å². The minimum atomic E-state index is -0.463. The summed E-state index contributed by atoms with van der Waals surface area (Å²) in [6.45, 7) is 0. The molecule has 0 heterocycles. The van der Waals surface area contributed by atoms with E-state index in [1.54, 1.807) is 12.1 Å². The maximum absolute atomic E-state index is 11.2. The maximum Gasteiger partial charge on any atom is 0.269 e. The number of non-ortho nitro benzene ring substituents is 1. The highest BCUT2D eigenvalue weighted by molar-refractivity contribution is 5.84. The molecule has 6 heteroatoms. The number of hydrogen-bond acceptors (Lipinski definition) is 4. The molecule has 1 fully saturated rings. The van der Waals surface area contributed by atoms with E-state index in [-0.39, 0.29) is 17.5 Å². The van der Waals surface area contributed by atoms with Gasteiger partial charge in [-0.2, -0.15) is 5.10 Å². The van der Waals surface area contributed by atoms with Crippen molar-refractivity contribution in [1.29, 1.82) is 0 Å². The van der Waals surface area contributed by atoms with Gasteiger partial charge in [0.25, 0.3) is 5.69 Å². The van der Waals surface area contributed by atoms with Gasteiger partial charge in [-0.1, -0.05) is 0 Å². The Morgan fingerprint density at radius 3 is 2.59 bits per heavy atom. The minimum Gasteiger partial charge on any atom is -0.273 e. The number of carbonyl (C=O) groups excluding carboxylic acids is 1. The van der Waals surface area contributed by atoms with Crippen LogP contribution in [0.5, 0.6) is 0 Å². The van der Waals surface area contributed by atoms with Crippen molar-refractivity contribution < 1.29 is 9.72 Å². The number of hydrogen-bond donors (Lipinski definition) is 1. The third-order valence-electron chi connectivity index (χ3n) is 2.44. The second kappa shape index (κ2) is 4.73. The molecule has 88 valence electrons. The van der Waals surface area contributed by atoms with Crippen LogP contribution in [-0.2, 0) is 4.79 Å². The number of carbonyl (C=O) groups is 1. The smallest absolute Gasteiger partial charge is 0.269 e. The molecule has 0 aliphatic heterocycles. The molecule has 0 bridgehead atoms. The van der Waals surface area contributed by atoms with E-state index in [1.807, 2.05) is 0 Å². The Morgan fingerprint density at radius 1 is 1.41 bits per heavy atom. The maximum atomic E-state index is 11.2. The molecule has 2 rings (SSSR count). The van der Waals surface area contributed by atoms with Gasteiger partial charge in [-0.25, -0.2) is 5.43 Å². The summed E-state index contributed by atoms with van der Waals surface area (Å²) < 4.78 is 0. The van der Waals surface area contributed by atoms with Crippen LogP contribution in [-0.4, -0.2) is 17.0 Å². The fourth-order valence-corrected chi connectivity index (χ4v) is 1.29. The van der Waals surface area contributed by atoms with Gasteiger partial charge in [-0.3, -0.25) is 14.9 Å². The summed E-state index contributed by atoms with van der Waals surface area (Å²) in [5.41, 5.74) is 3.16. The van der Waals surface area contributed by atoms with Crippen LogP contribution in [0.25, 0.3) is 0 Å². The molecule has 0 atom stereocenters. The number of nitro benzene ring substituents is 1. The lowest BCUT2D eigenvalue weighted by atomic mass is 10.2. The SMILES string of the molecule is O=C(N/N=C/c1ccc([N+](=O)[O-])cc1)C1CC1. The van der Waals surface area contributed by atoms with Crippen LogP contribution >= 0.6 is 0 Å². The predicted octanol–water partition coefficient (Wildman–Crippen LogP) is 1.45. The van der Waals surface area contributed by atoms with E-state index in [0.29, 0.717) is 5.56 Å². The van der Waals surface area contributed by atoms with Crippen molar-refractivity contribution in [1.82, 2.24) is 5.43 Å². The summed E-state index contributed by atoms with van der Waals surface area (Å²) in [5, 5.41) is 14.2. The highest BCUT2D eigenvalue weighted by atomic mass is 16.6.